The van der Waals surface area contributed by atoms with E-state index < -0.39 is 6.10 Å². The number of aromatic nitrogens is 3. The maximum atomic E-state index is 10.0. The largest absolute Gasteiger partial charge is 0.389 e. The van der Waals surface area contributed by atoms with E-state index in [1.165, 1.54) is 0 Å². The minimum atomic E-state index is -0.525. The van der Waals surface area contributed by atoms with Crippen molar-refractivity contribution in [1.82, 2.24) is 19.7 Å². The van der Waals surface area contributed by atoms with Gasteiger partial charge in [0.1, 0.15) is 11.6 Å². The Morgan fingerprint density at radius 1 is 1.27 bits per heavy atom. The number of ether oxygens (including phenoxy) is 1. The van der Waals surface area contributed by atoms with Crippen LogP contribution in [-0.2, 0) is 24.9 Å². The van der Waals surface area contributed by atoms with Crippen molar-refractivity contribution >= 4 is 0 Å². The Balaban J connectivity index is 1.70. The Kier molecular flexibility index (Phi) is 6.06. The van der Waals surface area contributed by atoms with Gasteiger partial charge in [0.05, 0.1) is 25.9 Å². The molecule has 120 valence electrons. The second kappa shape index (κ2) is 8.03. The van der Waals surface area contributed by atoms with Gasteiger partial charge >= 0.3 is 0 Å². The van der Waals surface area contributed by atoms with Crippen LogP contribution < -0.4 is 0 Å². The molecule has 1 unspecified atom stereocenters. The van der Waals surface area contributed by atoms with Gasteiger partial charge < -0.3 is 14.4 Å². The summed E-state index contributed by atoms with van der Waals surface area (Å²) in [5.74, 6) is 1.77. The van der Waals surface area contributed by atoms with E-state index in [9.17, 15) is 5.11 Å². The summed E-state index contributed by atoms with van der Waals surface area (Å²) in [5, 5.41) is 18.2. The fourth-order valence-corrected chi connectivity index (χ4v) is 2.19. The first-order valence-corrected chi connectivity index (χ1v) is 7.39. The van der Waals surface area contributed by atoms with Gasteiger partial charge in [-0.2, -0.15) is 0 Å². The molecule has 0 aliphatic heterocycles. The van der Waals surface area contributed by atoms with E-state index in [1.54, 1.807) is 0 Å². The molecule has 1 atom stereocenters. The second-order valence-electron chi connectivity index (χ2n) is 5.57. The SMILES string of the molecule is Cc1nnc(CN(C)CC(O)COCc2ccccc2)n1C. The number of aliphatic hydroxyl groups is 1. The van der Waals surface area contributed by atoms with Crippen molar-refractivity contribution in [2.24, 2.45) is 7.05 Å². The van der Waals surface area contributed by atoms with Crippen LogP contribution in [0.4, 0.5) is 0 Å². The monoisotopic (exact) mass is 304 g/mol. The first-order valence-electron chi connectivity index (χ1n) is 7.39. The molecular weight excluding hydrogens is 280 g/mol. The maximum absolute atomic E-state index is 10.0. The van der Waals surface area contributed by atoms with Gasteiger partial charge in [-0.3, -0.25) is 4.90 Å². The summed E-state index contributed by atoms with van der Waals surface area (Å²) in [6, 6.07) is 9.95. The molecule has 0 saturated carbocycles. The van der Waals surface area contributed by atoms with Crippen LogP contribution in [0.2, 0.25) is 0 Å². The molecule has 0 aliphatic carbocycles. The molecule has 1 heterocycles. The van der Waals surface area contributed by atoms with Crippen LogP contribution in [0, 0.1) is 6.92 Å². The van der Waals surface area contributed by atoms with Crippen LogP contribution in [-0.4, -0.2) is 51.1 Å². The van der Waals surface area contributed by atoms with Crippen molar-refractivity contribution in [3.8, 4) is 0 Å². The van der Waals surface area contributed by atoms with Crippen molar-refractivity contribution < 1.29 is 9.84 Å². The molecule has 0 fully saturated rings. The van der Waals surface area contributed by atoms with Crippen LogP contribution in [0.1, 0.15) is 17.2 Å². The lowest BCUT2D eigenvalue weighted by molar-refractivity contribution is 0.0123. The summed E-state index contributed by atoms with van der Waals surface area (Å²) in [7, 11) is 3.89. The number of hydrogen-bond donors (Lipinski definition) is 1. The number of rotatable bonds is 8. The van der Waals surface area contributed by atoms with Crippen LogP contribution in [0.5, 0.6) is 0 Å². The first kappa shape index (κ1) is 16.6. The van der Waals surface area contributed by atoms with Crippen molar-refractivity contribution in [3.63, 3.8) is 0 Å². The second-order valence-corrected chi connectivity index (χ2v) is 5.57. The zero-order valence-electron chi connectivity index (χ0n) is 13.4. The Morgan fingerprint density at radius 2 is 2.00 bits per heavy atom. The quantitative estimate of drug-likeness (QED) is 0.792. The van der Waals surface area contributed by atoms with Crippen LogP contribution in [0.15, 0.2) is 30.3 Å². The summed E-state index contributed by atoms with van der Waals surface area (Å²) in [6.07, 6.45) is -0.525. The average Bonchev–Trinajstić information content (AvgIpc) is 2.80. The van der Waals surface area contributed by atoms with Crippen molar-refractivity contribution in [2.45, 2.75) is 26.2 Å². The molecule has 0 bridgehead atoms. The van der Waals surface area contributed by atoms with Crippen LogP contribution in [0.25, 0.3) is 0 Å². The van der Waals surface area contributed by atoms with E-state index in [1.807, 2.05) is 60.8 Å². The minimum absolute atomic E-state index is 0.317. The number of likely N-dealkylation sites (N-methyl/N-ethyl adjacent to an activating group) is 1. The number of aryl methyl sites for hydroxylation is 1. The van der Waals surface area contributed by atoms with Gasteiger partial charge in [0.15, 0.2) is 0 Å². The Labute approximate surface area is 131 Å². The summed E-state index contributed by atoms with van der Waals surface area (Å²) < 4.78 is 7.50. The van der Waals surface area contributed by atoms with Gasteiger partial charge in [-0.1, -0.05) is 30.3 Å². The number of hydrogen-bond acceptors (Lipinski definition) is 5. The molecule has 1 N–H and O–H groups in total. The predicted octanol–water partition coefficient (Wildman–Crippen LogP) is 1.13. The summed E-state index contributed by atoms with van der Waals surface area (Å²) >= 11 is 0. The van der Waals surface area contributed by atoms with E-state index in [-0.39, 0.29) is 0 Å². The number of nitrogens with zero attached hydrogens (tertiary/aromatic N) is 4. The Morgan fingerprint density at radius 3 is 2.64 bits per heavy atom. The van der Waals surface area contributed by atoms with Crippen molar-refractivity contribution in [3.05, 3.63) is 47.5 Å². The molecule has 6 nitrogen and oxygen atoms in total. The van der Waals surface area contributed by atoms with E-state index >= 15 is 0 Å². The van der Waals surface area contributed by atoms with Gasteiger partial charge in [-0.15, -0.1) is 10.2 Å². The number of aliphatic hydroxyl groups excluding tert-OH is 1. The van der Waals surface area contributed by atoms with Gasteiger partial charge in [0.25, 0.3) is 0 Å². The summed E-state index contributed by atoms with van der Waals surface area (Å²) in [6.45, 7) is 3.93. The molecule has 0 amide bonds. The fraction of sp³-hybridized carbons (Fsp3) is 0.500. The third-order valence-electron chi connectivity index (χ3n) is 3.54. The fourth-order valence-electron chi connectivity index (χ4n) is 2.19. The Bertz CT molecular complexity index is 571. The molecular formula is C16H24N4O2. The third-order valence-corrected chi connectivity index (χ3v) is 3.54. The van der Waals surface area contributed by atoms with Crippen molar-refractivity contribution in [2.75, 3.05) is 20.2 Å². The molecule has 0 spiro atoms. The first-order chi connectivity index (χ1) is 10.6. The van der Waals surface area contributed by atoms with Crippen molar-refractivity contribution in [1.29, 1.82) is 0 Å². The normalized spacial score (nSPS) is 12.8. The van der Waals surface area contributed by atoms with Crippen LogP contribution >= 0.6 is 0 Å². The smallest absolute Gasteiger partial charge is 0.146 e. The summed E-state index contributed by atoms with van der Waals surface area (Å²) in [4.78, 5) is 2.01. The third kappa shape index (κ3) is 4.91. The van der Waals surface area contributed by atoms with Gasteiger partial charge in [-0.05, 0) is 19.5 Å². The molecule has 1 aromatic carbocycles. The zero-order chi connectivity index (χ0) is 15.9. The molecule has 6 heteroatoms. The van der Waals surface area contributed by atoms with E-state index in [2.05, 4.69) is 10.2 Å². The van der Waals surface area contributed by atoms with Gasteiger partial charge in [-0.25, -0.2) is 0 Å². The molecule has 0 aliphatic rings. The molecule has 1 aromatic heterocycles. The van der Waals surface area contributed by atoms with E-state index in [0.29, 0.717) is 26.3 Å². The highest BCUT2D eigenvalue weighted by molar-refractivity contribution is 5.13. The lowest BCUT2D eigenvalue weighted by Gasteiger charge is -2.20. The highest BCUT2D eigenvalue weighted by Gasteiger charge is 2.12. The highest BCUT2D eigenvalue weighted by Crippen LogP contribution is 2.04. The van der Waals surface area contributed by atoms with Crippen LogP contribution in [0.3, 0.4) is 0 Å². The molecule has 2 rings (SSSR count). The standard InChI is InChI=1S/C16H24N4O2/c1-13-17-18-16(20(13)3)10-19(2)9-15(21)12-22-11-14-7-5-4-6-8-14/h4-8,15,21H,9-12H2,1-3H3. The lowest BCUT2D eigenvalue weighted by atomic mass is 10.2. The van der Waals surface area contributed by atoms with E-state index in [4.69, 9.17) is 4.74 Å². The topological polar surface area (TPSA) is 63.4 Å². The lowest BCUT2D eigenvalue weighted by Crippen LogP contribution is -2.32. The molecule has 22 heavy (non-hydrogen) atoms. The molecule has 0 radical (unpaired) electrons. The number of benzene rings is 1. The van der Waals surface area contributed by atoms with Gasteiger partial charge in [0, 0.05) is 13.6 Å². The van der Waals surface area contributed by atoms with E-state index in [0.717, 1.165) is 17.2 Å². The average molecular weight is 304 g/mol. The highest BCUT2D eigenvalue weighted by atomic mass is 16.5. The Hall–Kier alpha value is -1.76. The minimum Gasteiger partial charge on any atom is -0.389 e. The summed E-state index contributed by atoms with van der Waals surface area (Å²) in [5.41, 5.74) is 1.11. The zero-order valence-corrected chi connectivity index (χ0v) is 13.4. The van der Waals surface area contributed by atoms with Gasteiger partial charge in [0.2, 0.25) is 0 Å². The maximum Gasteiger partial charge on any atom is 0.146 e. The molecule has 2 aromatic rings. The molecule has 0 saturated heterocycles. The predicted molar refractivity (Wildman–Crippen MR) is 84.2 cm³/mol.